The number of aromatic nitrogens is 1. The summed E-state index contributed by atoms with van der Waals surface area (Å²) in [6.45, 7) is 0. The van der Waals surface area contributed by atoms with Crippen molar-refractivity contribution in [2.75, 3.05) is 5.32 Å². The van der Waals surface area contributed by atoms with Crippen LogP contribution in [0.1, 0.15) is 0 Å². The molecule has 18 heavy (non-hydrogen) atoms. The molecule has 0 saturated heterocycles. The van der Waals surface area contributed by atoms with Gasteiger partial charge in [0.1, 0.15) is 17.3 Å². The van der Waals surface area contributed by atoms with E-state index in [4.69, 9.17) is 0 Å². The third-order valence-electron chi connectivity index (χ3n) is 2.19. The van der Waals surface area contributed by atoms with Crippen molar-refractivity contribution >= 4 is 17.2 Å². The normalized spacial score (nSPS) is 10.1. The fourth-order valence-electron chi connectivity index (χ4n) is 1.38. The fourth-order valence-corrected chi connectivity index (χ4v) is 1.38. The second-order valence-corrected chi connectivity index (χ2v) is 3.35. The maximum atomic E-state index is 13.4. The number of rotatable bonds is 3. The van der Waals surface area contributed by atoms with Gasteiger partial charge in [0, 0.05) is 12.3 Å². The molecule has 5 nitrogen and oxygen atoms in total. The monoisotopic (exact) mass is 251 g/mol. The first-order chi connectivity index (χ1) is 8.59. The Labute approximate surface area is 100 Å². The van der Waals surface area contributed by atoms with E-state index in [9.17, 15) is 18.9 Å². The van der Waals surface area contributed by atoms with Crippen LogP contribution < -0.4 is 5.32 Å². The molecule has 0 unspecified atom stereocenters. The van der Waals surface area contributed by atoms with Crippen molar-refractivity contribution < 1.29 is 13.7 Å². The van der Waals surface area contributed by atoms with E-state index >= 15 is 0 Å². The molecule has 92 valence electrons. The topological polar surface area (TPSA) is 68.1 Å². The van der Waals surface area contributed by atoms with Crippen LogP contribution in [0.15, 0.2) is 36.5 Å². The minimum absolute atomic E-state index is 0.216. The van der Waals surface area contributed by atoms with E-state index < -0.39 is 22.2 Å². The summed E-state index contributed by atoms with van der Waals surface area (Å²) >= 11 is 0. The average Bonchev–Trinajstić information content (AvgIpc) is 2.34. The summed E-state index contributed by atoms with van der Waals surface area (Å²) in [5, 5.41) is 13.0. The molecule has 0 aliphatic heterocycles. The van der Waals surface area contributed by atoms with E-state index in [0.29, 0.717) is 0 Å². The number of hydrogen-bond donors (Lipinski definition) is 1. The Bertz CT molecular complexity index is 584. The zero-order valence-corrected chi connectivity index (χ0v) is 8.93. The highest BCUT2D eigenvalue weighted by atomic mass is 19.1. The summed E-state index contributed by atoms with van der Waals surface area (Å²) in [6, 6.07) is 5.83. The molecule has 2 rings (SSSR count). The van der Waals surface area contributed by atoms with Gasteiger partial charge in [0.15, 0.2) is 0 Å². The number of nitrogens with zero attached hydrogens (tertiary/aromatic N) is 2. The number of anilines is 2. The third kappa shape index (κ3) is 2.24. The molecular weight excluding hydrogens is 244 g/mol. The van der Waals surface area contributed by atoms with Crippen LogP contribution >= 0.6 is 0 Å². The average molecular weight is 251 g/mol. The molecule has 0 aliphatic rings. The summed E-state index contributed by atoms with van der Waals surface area (Å²) in [5.41, 5.74) is -0.834. The van der Waals surface area contributed by atoms with Crippen LogP contribution in [0.4, 0.5) is 26.0 Å². The smallest absolute Gasteiger partial charge is 0.311 e. The van der Waals surface area contributed by atoms with Gasteiger partial charge in [-0.3, -0.25) is 10.1 Å². The molecule has 1 aromatic carbocycles. The molecule has 1 aromatic heterocycles. The Morgan fingerprint density at radius 2 is 1.83 bits per heavy atom. The minimum Gasteiger partial charge on any atom is -0.330 e. The van der Waals surface area contributed by atoms with E-state index in [1.54, 1.807) is 0 Å². The van der Waals surface area contributed by atoms with E-state index in [0.717, 1.165) is 12.1 Å². The first-order valence-electron chi connectivity index (χ1n) is 4.90. The van der Waals surface area contributed by atoms with Crippen molar-refractivity contribution in [2.24, 2.45) is 0 Å². The summed E-state index contributed by atoms with van der Waals surface area (Å²) in [6.07, 6.45) is 1.29. The number of nitrogens with one attached hydrogen (secondary N) is 1. The van der Waals surface area contributed by atoms with Gasteiger partial charge < -0.3 is 5.32 Å². The first kappa shape index (κ1) is 11.9. The van der Waals surface area contributed by atoms with Crippen LogP contribution in [0.5, 0.6) is 0 Å². The molecule has 0 bridgehead atoms. The lowest BCUT2D eigenvalue weighted by Crippen LogP contribution is -2.02. The van der Waals surface area contributed by atoms with E-state index in [-0.39, 0.29) is 11.5 Å². The predicted octanol–water partition coefficient (Wildman–Crippen LogP) is 3.01. The van der Waals surface area contributed by atoms with Gasteiger partial charge in [-0.15, -0.1) is 0 Å². The Morgan fingerprint density at radius 1 is 1.17 bits per heavy atom. The number of nitro groups is 1. The number of halogens is 2. The maximum Gasteiger partial charge on any atom is 0.311 e. The molecule has 1 N–H and O–H groups in total. The standard InChI is InChI=1S/C11H7F2N3O2/c12-7-3-1-4-8(13)10(7)15-11-9(16(17)18)5-2-6-14-11/h1-6H,(H,14,15). The van der Waals surface area contributed by atoms with Crippen molar-refractivity contribution in [1.29, 1.82) is 0 Å². The molecule has 2 aromatic rings. The van der Waals surface area contributed by atoms with Crippen LogP contribution in [0.25, 0.3) is 0 Å². The predicted molar refractivity (Wildman–Crippen MR) is 60.5 cm³/mol. The number of pyridine rings is 1. The number of hydrogen-bond acceptors (Lipinski definition) is 4. The second kappa shape index (κ2) is 4.74. The summed E-state index contributed by atoms with van der Waals surface area (Å²) in [7, 11) is 0. The van der Waals surface area contributed by atoms with Gasteiger partial charge in [0.05, 0.1) is 4.92 Å². The quantitative estimate of drug-likeness (QED) is 0.672. The van der Waals surface area contributed by atoms with Crippen LogP contribution in [0.3, 0.4) is 0 Å². The van der Waals surface area contributed by atoms with Gasteiger partial charge in [-0.05, 0) is 18.2 Å². The Balaban J connectivity index is 2.43. The molecule has 0 atom stereocenters. The van der Waals surface area contributed by atoms with Crippen LogP contribution in [-0.4, -0.2) is 9.91 Å². The zero-order valence-electron chi connectivity index (χ0n) is 8.93. The molecule has 1 heterocycles. The molecule has 0 saturated carbocycles. The highest BCUT2D eigenvalue weighted by molar-refractivity contribution is 5.65. The van der Waals surface area contributed by atoms with Crippen molar-refractivity contribution in [1.82, 2.24) is 4.98 Å². The van der Waals surface area contributed by atoms with E-state index in [2.05, 4.69) is 10.3 Å². The second-order valence-electron chi connectivity index (χ2n) is 3.35. The van der Waals surface area contributed by atoms with Crippen LogP contribution in [-0.2, 0) is 0 Å². The largest absolute Gasteiger partial charge is 0.330 e. The van der Waals surface area contributed by atoms with Crippen LogP contribution in [0.2, 0.25) is 0 Å². The van der Waals surface area contributed by atoms with Gasteiger partial charge in [0.2, 0.25) is 5.82 Å². The molecule has 0 amide bonds. The van der Waals surface area contributed by atoms with E-state index in [1.807, 2.05) is 0 Å². The lowest BCUT2D eigenvalue weighted by molar-refractivity contribution is -0.384. The molecular formula is C11H7F2N3O2. The molecule has 0 radical (unpaired) electrons. The number of benzene rings is 1. The van der Waals surface area contributed by atoms with Crippen molar-refractivity contribution in [3.63, 3.8) is 0 Å². The van der Waals surface area contributed by atoms with Crippen LogP contribution in [0, 0.1) is 21.7 Å². The lowest BCUT2D eigenvalue weighted by Gasteiger charge is -2.07. The highest BCUT2D eigenvalue weighted by Gasteiger charge is 2.17. The summed E-state index contributed by atoms with van der Waals surface area (Å²) in [4.78, 5) is 13.7. The molecule has 0 fully saturated rings. The Morgan fingerprint density at radius 3 is 2.44 bits per heavy atom. The minimum atomic E-state index is -0.852. The molecule has 0 aliphatic carbocycles. The highest BCUT2D eigenvalue weighted by Crippen LogP contribution is 2.27. The Kier molecular flexibility index (Phi) is 3.13. The maximum absolute atomic E-state index is 13.4. The van der Waals surface area contributed by atoms with Gasteiger partial charge in [-0.1, -0.05) is 6.07 Å². The lowest BCUT2D eigenvalue weighted by atomic mass is 10.3. The van der Waals surface area contributed by atoms with Crippen molar-refractivity contribution in [3.8, 4) is 0 Å². The molecule has 0 spiro atoms. The first-order valence-corrected chi connectivity index (χ1v) is 4.90. The number of para-hydroxylation sites is 1. The Hall–Kier alpha value is -2.57. The van der Waals surface area contributed by atoms with Gasteiger partial charge in [-0.25, -0.2) is 13.8 Å². The SMILES string of the molecule is O=[N+]([O-])c1cccnc1Nc1c(F)cccc1F. The van der Waals surface area contributed by atoms with Gasteiger partial charge in [-0.2, -0.15) is 0 Å². The zero-order chi connectivity index (χ0) is 13.1. The summed E-state index contributed by atoms with van der Waals surface area (Å²) in [5.74, 6) is -1.92. The fraction of sp³-hybridized carbons (Fsp3) is 0. The summed E-state index contributed by atoms with van der Waals surface area (Å²) < 4.78 is 26.7. The third-order valence-corrected chi connectivity index (χ3v) is 2.19. The van der Waals surface area contributed by atoms with Gasteiger partial charge >= 0.3 is 5.69 Å². The van der Waals surface area contributed by atoms with Crippen molar-refractivity contribution in [3.05, 3.63) is 58.3 Å². The van der Waals surface area contributed by atoms with Gasteiger partial charge in [0.25, 0.3) is 0 Å². The molecule has 7 heteroatoms. The van der Waals surface area contributed by atoms with Crippen molar-refractivity contribution in [2.45, 2.75) is 0 Å². The van der Waals surface area contributed by atoms with E-state index in [1.165, 1.54) is 24.4 Å².